The molecule has 0 atom stereocenters. The molecule has 1 aromatic carbocycles. The molecule has 2 heterocycles. The molecule has 3 N–H and O–H groups in total. The smallest absolute Gasteiger partial charge is 0.332 e. The van der Waals surface area contributed by atoms with Crippen molar-refractivity contribution in [3.63, 3.8) is 0 Å². The minimum atomic E-state index is -0.983. The topological polar surface area (TPSA) is 101 Å². The predicted octanol–water partition coefficient (Wildman–Crippen LogP) is 2.57. The molecule has 0 aliphatic carbocycles. The maximum atomic E-state index is 11.2. The number of fused-ring (bicyclic) bond motifs is 1. The second-order valence-electron chi connectivity index (χ2n) is 5.27. The maximum absolute atomic E-state index is 11.2. The van der Waals surface area contributed by atoms with E-state index in [-0.39, 0.29) is 17.8 Å². The Morgan fingerprint density at radius 1 is 1.26 bits per heavy atom. The van der Waals surface area contributed by atoms with Crippen LogP contribution in [0.3, 0.4) is 0 Å². The van der Waals surface area contributed by atoms with Crippen molar-refractivity contribution in [2.24, 2.45) is 10.7 Å². The highest BCUT2D eigenvalue weighted by molar-refractivity contribution is 6.02. The minimum Gasteiger partial charge on any atom is -0.478 e. The molecule has 0 bridgehead atoms. The number of aromatic nitrogens is 2. The highest BCUT2D eigenvalue weighted by Gasteiger charge is 2.15. The lowest BCUT2D eigenvalue weighted by atomic mass is 10.0. The van der Waals surface area contributed by atoms with Gasteiger partial charge in [0.15, 0.2) is 0 Å². The first-order chi connectivity index (χ1) is 11.1. The zero-order chi connectivity index (χ0) is 16.4. The number of carboxylic acids is 1. The monoisotopic (exact) mass is 308 g/mol. The van der Waals surface area contributed by atoms with Gasteiger partial charge in [-0.1, -0.05) is 19.1 Å². The van der Waals surface area contributed by atoms with Gasteiger partial charge in [0.05, 0.1) is 5.69 Å². The van der Waals surface area contributed by atoms with Gasteiger partial charge in [0.1, 0.15) is 11.7 Å². The fraction of sp³-hybridized carbons (Fsp3) is 0.176. The van der Waals surface area contributed by atoms with Gasteiger partial charge in [-0.05, 0) is 17.7 Å². The molecule has 0 saturated heterocycles. The molecule has 1 aliphatic rings. The standard InChI is InChI=1S/C17H16N4O2/c1-2-16-19-8-13(9-20-16)10-3-4-11-5-12(17(22)23)7-15(18)21-14(11)6-10/h3-6,8-9H,2,7H2,1H3,(H2,18,21)(H,22,23). The predicted molar refractivity (Wildman–Crippen MR) is 88.4 cm³/mol. The lowest BCUT2D eigenvalue weighted by Gasteiger charge is -2.06. The Labute approximate surface area is 133 Å². The molecule has 0 amide bonds. The summed E-state index contributed by atoms with van der Waals surface area (Å²) in [5, 5.41) is 9.19. The van der Waals surface area contributed by atoms with Crippen LogP contribution in [0.2, 0.25) is 0 Å². The zero-order valence-electron chi connectivity index (χ0n) is 12.7. The van der Waals surface area contributed by atoms with Crippen molar-refractivity contribution in [2.45, 2.75) is 19.8 Å². The second-order valence-corrected chi connectivity index (χ2v) is 5.27. The Hall–Kier alpha value is -3.02. The zero-order valence-corrected chi connectivity index (χ0v) is 12.7. The number of carbonyl (C=O) groups is 1. The Kier molecular flexibility index (Phi) is 3.89. The second kappa shape index (κ2) is 6.00. The molecule has 0 saturated carbocycles. The molecule has 0 radical (unpaired) electrons. The van der Waals surface area contributed by atoms with Gasteiger partial charge in [-0.15, -0.1) is 0 Å². The SMILES string of the molecule is CCc1ncc(-c2ccc3c(c2)N=C(N)CC(C(=O)O)=C3)cn1. The van der Waals surface area contributed by atoms with E-state index in [4.69, 9.17) is 5.73 Å². The molecule has 2 aromatic rings. The number of aryl methyl sites for hydroxylation is 1. The summed E-state index contributed by atoms with van der Waals surface area (Å²) >= 11 is 0. The first kappa shape index (κ1) is 14.9. The summed E-state index contributed by atoms with van der Waals surface area (Å²) in [6, 6.07) is 5.60. The molecule has 6 nitrogen and oxygen atoms in total. The maximum Gasteiger partial charge on any atom is 0.332 e. The number of hydrogen-bond acceptors (Lipinski definition) is 5. The average molecular weight is 308 g/mol. The van der Waals surface area contributed by atoms with Gasteiger partial charge in [0, 0.05) is 41.9 Å². The van der Waals surface area contributed by atoms with E-state index in [1.807, 2.05) is 25.1 Å². The van der Waals surface area contributed by atoms with Crippen molar-refractivity contribution in [1.82, 2.24) is 9.97 Å². The van der Waals surface area contributed by atoms with Crippen LogP contribution in [0.5, 0.6) is 0 Å². The van der Waals surface area contributed by atoms with Crippen molar-refractivity contribution < 1.29 is 9.90 Å². The molecular weight excluding hydrogens is 292 g/mol. The molecule has 0 spiro atoms. The molecule has 1 aromatic heterocycles. The Balaban J connectivity index is 2.05. The van der Waals surface area contributed by atoms with Gasteiger partial charge in [-0.25, -0.2) is 19.8 Å². The van der Waals surface area contributed by atoms with Crippen molar-refractivity contribution in [3.8, 4) is 11.1 Å². The van der Waals surface area contributed by atoms with Gasteiger partial charge in [0.2, 0.25) is 0 Å². The first-order valence-electron chi connectivity index (χ1n) is 7.29. The average Bonchev–Trinajstić information content (AvgIpc) is 2.72. The number of hydrogen-bond donors (Lipinski definition) is 2. The summed E-state index contributed by atoms with van der Waals surface area (Å²) in [6.45, 7) is 2.00. The van der Waals surface area contributed by atoms with Crippen LogP contribution in [-0.4, -0.2) is 26.9 Å². The fourth-order valence-electron chi connectivity index (χ4n) is 2.39. The summed E-state index contributed by atoms with van der Waals surface area (Å²) in [5.74, 6) is 0.0931. The van der Waals surface area contributed by atoms with E-state index in [9.17, 15) is 9.90 Å². The van der Waals surface area contributed by atoms with Crippen LogP contribution in [0.4, 0.5) is 5.69 Å². The summed E-state index contributed by atoms with van der Waals surface area (Å²) in [5.41, 5.74) is 9.23. The molecule has 1 aliphatic heterocycles. The lowest BCUT2D eigenvalue weighted by molar-refractivity contribution is -0.132. The number of aliphatic imine (C=N–C) groups is 1. The van der Waals surface area contributed by atoms with Crippen molar-refractivity contribution in [3.05, 3.63) is 47.6 Å². The van der Waals surface area contributed by atoms with E-state index in [2.05, 4.69) is 15.0 Å². The van der Waals surface area contributed by atoms with Crippen LogP contribution in [-0.2, 0) is 11.2 Å². The highest BCUT2D eigenvalue weighted by atomic mass is 16.4. The number of nitrogens with zero attached hydrogens (tertiary/aromatic N) is 3. The van der Waals surface area contributed by atoms with Crippen LogP contribution in [0.1, 0.15) is 24.7 Å². The Morgan fingerprint density at radius 2 is 2.00 bits per heavy atom. The number of nitrogens with two attached hydrogens (primary N) is 1. The molecule has 116 valence electrons. The molecular formula is C17H16N4O2. The third kappa shape index (κ3) is 3.11. The quantitative estimate of drug-likeness (QED) is 0.907. The first-order valence-corrected chi connectivity index (χ1v) is 7.29. The Morgan fingerprint density at radius 3 is 2.65 bits per heavy atom. The summed E-state index contributed by atoms with van der Waals surface area (Å²) in [6.07, 6.45) is 6.08. The van der Waals surface area contributed by atoms with E-state index in [0.29, 0.717) is 5.69 Å². The van der Waals surface area contributed by atoms with Gasteiger partial charge in [0.25, 0.3) is 0 Å². The molecule has 0 fully saturated rings. The van der Waals surface area contributed by atoms with E-state index in [1.54, 1.807) is 18.5 Å². The van der Waals surface area contributed by atoms with Crippen LogP contribution in [0, 0.1) is 0 Å². The van der Waals surface area contributed by atoms with Crippen molar-refractivity contribution in [1.29, 1.82) is 0 Å². The van der Waals surface area contributed by atoms with Crippen LogP contribution in [0.25, 0.3) is 17.2 Å². The van der Waals surface area contributed by atoms with E-state index < -0.39 is 5.97 Å². The van der Waals surface area contributed by atoms with Gasteiger partial charge in [-0.2, -0.15) is 0 Å². The Bertz CT molecular complexity index is 823. The van der Waals surface area contributed by atoms with E-state index in [0.717, 1.165) is 28.9 Å². The van der Waals surface area contributed by atoms with Crippen LogP contribution in [0.15, 0.2) is 41.2 Å². The van der Waals surface area contributed by atoms with Gasteiger partial charge >= 0.3 is 5.97 Å². The lowest BCUT2D eigenvalue weighted by Crippen LogP contribution is -2.14. The van der Waals surface area contributed by atoms with E-state index in [1.165, 1.54) is 0 Å². The molecule has 3 rings (SSSR count). The highest BCUT2D eigenvalue weighted by Crippen LogP contribution is 2.31. The fourth-order valence-corrected chi connectivity index (χ4v) is 2.39. The summed E-state index contributed by atoms with van der Waals surface area (Å²) < 4.78 is 0. The normalized spacial score (nSPS) is 13.6. The van der Waals surface area contributed by atoms with Crippen LogP contribution < -0.4 is 5.73 Å². The number of aliphatic carboxylic acids is 1. The van der Waals surface area contributed by atoms with Crippen molar-refractivity contribution in [2.75, 3.05) is 0 Å². The number of amidine groups is 1. The van der Waals surface area contributed by atoms with Gasteiger partial charge in [-0.3, -0.25) is 0 Å². The third-order valence-corrected chi connectivity index (χ3v) is 3.63. The largest absolute Gasteiger partial charge is 0.478 e. The molecule has 23 heavy (non-hydrogen) atoms. The van der Waals surface area contributed by atoms with Crippen LogP contribution >= 0.6 is 0 Å². The number of rotatable bonds is 3. The molecule has 0 unspecified atom stereocenters. The number of benzene rings is 1. The summed E-state index contributed by atoms with van der Waals surface area (Å²) in [4.78, 5) is 24.1. The van der Waals surface area contributed by atoms with E-state index >= 15 is 0 Å². The van der Waals surface area contributed by atoms with Crippen molar-refractivity contribution >= 4 is 23.6 Å². The summed E-state index contributed by atoms with van der Waals surface area (Å²) in [7, 11) is 0. The van der Waals surface area contributed by atoms with Gasteiger partial charge < -0.3 is 10.8 Å². The molecule has 6 heteroatoms. The minimum absolute atomic E-state index is 0.133. The number of carboxylic acid groups (broad SMARTS) is 1. The third-order valence-electron chi connectivity index (χ3n) is 3.63.